The molecule has 4 N–H and O–H groups in total. The first-order valence-corrected chi connectivity index (χ1v) is 12.8. The molecule has 2 unspecified atom stereocenters. The highest BCUT2D eigenvalue weighted by Crippen LogP contribution is 2.52. The summed E-state index contributed by atoms with van der Waals surface area (Å²) in [5.41, 5.74) is 3.61. The van der Waals surface area contributed by atoms with Gasteiger partial charge in [-0.05, 0) is 72.5 Å². The second-order valence-corrected chi connectivity index (χ2v) is 9.94. The van der Waals surface area contributed by atoms with E-state index in [1.54, 1.807) is 0 Å². The first kappa shape index (κ1) is 22.7. The van der Waals surface area contributed by atoms with Gasteiger partial charge in [-0.25, -0.2) is 4.98 Å². The fourth-order valence-electron chi connectivity index (χ4n) is 5.65. The topological polar surface area (TPSA) is 97.8 Å². The average molecular weight is 499 g/mol. The molecule has 0 spiro atoms. The predicted octanol–water partition coefficient (Wildman–Crippen LogP) is 5.16. The van der Waals surface area contributed by atoms with Gasteiger partial charge in [-0.1, -0.05) is 60.7 Å². The predicted molar refractivity (Wildman–Crippen MR) is 148 cm³/mol. The van der Waals surface area contributed by atoms with Gasteiger partial charge in [-0.3, -0.25) is 4.98 Å². The molecule has 0 fully saturated rings. The lowest BCUT2D eigenvalue weighted by atomic mass is 9.71. The Kier molecular flexibility index (Phi) is 5.08. The number of H-pyrrole nitrogens is 2. The van der Waals surface area contributed by atoms with Crippen LogP contribution in [-0.2, 0) is 24.0 Å². The van der Waals surface area contributed by atoms with Crippen LogP contribution < -0.4 is 0 Å². The largest absolute Gasteiger partial charge is 0.375 e. The molecular weight excluding hydrogens is 472 g/mol. The molecule has 0 aliphatic carbocycles. The molecule has 7 rings (SSSR count). The lowest BCUT2D eigenvalue weighted by Crippen LogP contribution is -2.47. The molecular formula is C32H26N4O2. The lowest BCUT2D eigenvalue weighted by Gasteiger charge is -2.39. The molecule has 0 saturated carbocycles. The minimum atomic E-state index is -1.82. The van der Waals surface area contributed by atoms with Gasteiger partial charge in [-0.15, -0.1) is 0 Å². The highest BCUT2D eigenvalue weighted by Gasteiger charge is 2.58. The van der Waals surface area contributed by atoms with Gasteiger partial charge in [0.2, 0.25) is 0 Å². The number of aromatic amines is 2. The summed E-state index contributed by atoms with van der Waals surface area (Å²) in [6.45, 7) is 0. The summed E-state index contributed by atoms with van der Waals surface area (Å²) in [5, 5.41) is 25.3. The van der Waals surface area contributed by atoms with Gasteiger partial charge in [0.15, 0.2) is 11.2 Å². The van der Waals surface area contributed by atoms with Crippen LogP contribution in [0.1, 0.15) is 45.3 Å². The second-order valence-electron chi connectivity index (χ2n) is 9.94. The zero-order valence-electron chi connectivity index (χ0n) is 20.6. The molecule has 0 radical (unpaired) electrons. The molecule has 2 aromatic carbocycles. The SMILES string of the molecule is OC1(c2ccccc2)c2cc3nc(cc4ccc(cc5nc(cc([nH]2)C1(O)c1ccccc1)CC5)[nH]4)C=C3. The first-order chi connectivity index (χ1) is 18.5. The average Bonchev–Trinajstić information content (AvgIpc) is 3.72. The van der Waals surface area contributed by atoms with Crippen molar-refractivity contribution in [3.05, 3.63) is 142 Å². The molecule has 2 aromatic heterocycles. The summed E-state index contributed by atoms with van der Waals surface area (Å²) in [4.78, 5) is 16.4. The smallest absolute Gasteiger partial charge is 0.168 e. The minimum Gasteiger partial charge on any atom is -0.375 e. The molecule has 8 bridgehead atoms. The normalized spacial score (nSPS) is 21.3. The van der Waals surface area contributed by atoms with Gasteiger partial charge in [0.1, 0.15) is 0 Å². The van der Waals surface area contributed by atoms with Crippen LogP contribution in [0.5, 0.6) is 0 Å². The van der Waals surface area contributed by atoms with Crippen LogP contribution in [0.15, 0.2) is 97.1 Å². The Bertz CT molecular complexity index is 1750. The zero-order chi connectivity index (χ0) is 25.7. The number of hydrogen-bond acceptors (Lipinski definition) is 4. The molecule has 5 heterocycles. The van der Waals surface area contributed by atoms with E-state index >= 15 is 0 Å². The van der Waals surface area contributed by atoms with Gasteiger partial charge < -0.3 is 20.2 Å². The summed E-state index contributed by atoms with van der Waals surface area (Å²) in [5.74, 6) is 0. The van der Waals surface area contributed by atoms with E-state index in [-0.39, 0.29) is 0 Å². The standard InChI is InChI=1S/C32H26N4O2/c37-31(21-7-3-1-4-8-21)29-19-27-15-13-25(34-27)17-23-11-12-24(33-23)18-26-14-16-28(35-26)20-30(36-29)32(31,38)22-9-5-2-6-10-22/h1-13,15,17-20,33,36-38H,14,16H2. The van der Waals surface area contributed by atoms with Gasteiger partial charge in [0.05, 0.1) is 22.8 Å². The molecule has 0 saturated heterocycles. The molecule has 6 heteroatoms. The summed E-state index contributed by atoms with van der Waals surface area (Å²) < 4.78 is 0. The lowest BCUT2D eigenvalue weighted by molar-refractivity contribution is -0.105. The summed E-state index contributed by atoms with van der Waals surface area (Å²) in [7, 11) is 0. The van der Waals surface area contributed by atoms with Crippen LogP contribution in [-0.4, -0.2) is 30.1 Å². The van der Waals surface area contributed by atoms with E-state index in [1.165, 1.54) is 0 Å². The van der Waals surface area contributed by atoms with Gasteiger partial charge >= 0.3 is 0 Å². The van der Waals surface area contributed by atoms with Crippen molar-refractivity contribution < 1.29 is 10.2 Å². The maximum absolute atomic E-state index is 12.7. The van der Waals surface area contributed by atoms with E-state index in [1.807, 2.05) is 103 Å². The number of aromatic nitrogens is 4. The summed E-state index contributed by atoms with van der Waals surface area (Å²) >= 11 is 0. The van der Waals surface area contributed by atoms with Crippen molar-refractivity contribution >= 4 is 23.2 Å². The quantitative estimate of drug-likeness (QED) is 0.270. The Morgan fingerprint density at radius 2 is 1.08 bits per heavy atom. The van der Waals surface area contributed by atoms with E-state index in [0.717, 1.165) is 41.0 Å². The fourth-order valence-corrected chi connectivity index (χ4v) is 5.65. The highest BCUT2D eigenvalue weighted by molar-refractivity contribution is 5.73. The van der Waals surface area contributed by atoms with E-state index in [2.05, 4.69) is 16.0 Å². The molecule has 3 aliphatic heterocycles. The highest BCUT2D eigenvalue weighted by atomic mass is 16.4. The van der Waals surface area contributed by atoms with Crippen molar-refractivity contribution in [3.8, 4) is 0 Å². The number of aryl methyl sites for hydroxylation is 2. The van der Waals surface area contributed by atoms with Crippen molar-refractivity contribution in [1.29, 1.82) is 0 Å². The Morgan fingerprint density at radius 3 is 1.71 bits per heavy atom. The summed E-state index contributed by atoms with van der Waals surface area (Å²) in [6, 6.07) is 30.4. The van der Waals surface area contributed by atoms with E-state index in [4.69, 9.17) is 9.97 Å². The molecule has 3 aliphatic rings. The van der Waals surface area contributed by atoms with Gasteiger partial charge in [0, 0.05) is 22.4 Å². The molecule has 38 heavy (non-hydrogen) atoms. The van der Waals surface area contributed by atoms with Crippen LogP contribution in [0, 0.1) is 0 Å². The molecule has 2 atom stereocenters. The van der Waals surface area contributed by atoms with Crippen molar-refractivity contribution in [1.82, 2.24) is 19.9 Å². The van der Waals surface area contributed by atoms with Crippen molar-refractivity contribution in [2.24, 2.45) is 0 Å². The third-order valence-corrected chi connectivity index (χ3v) is 7.52. The fraction of sp³-hybridized carbons (Fsp3) is 0.125. The number of rotatable bonds is 2. The van der Waals surface area contributed by atoms with Crippen molar-refractivity contribution in [2.75, 3.05) is 0 Å². The van der Waals surface area contributed by atoms with Crippen LogP contribution >= 0.6 is 0 Å². The maximum atomic E-state index is 12.7. The molecule has 4 aromatic rings. The van der Waals surface area contributed by atoms with Crippen LogP contribution in [0.2, 0.25) is 0 Å². The van der Waals surface area contributed by atoms with Gasteiger partial charge in [-0.2, -0.15) is 0 Å². The number of hydrogen-bond donors (Lipinski definition) is 4. The Morgan fingerprint density at radius 1 is 0.553 bits per heavy atom. The second kappa shape index (κ2) is 8.52. The van der Waals surface area contributed by atoms with Crippen LogP contribution in [0.3, 0.4) is 0 Å². The van der Waals surface area contributed by atoms with E-state index < -0.39 is 11.2 Å². The minimum absolute atomic E-state index is 0.439. The molecule has 6 nitrogen and oxygen atoms in total. The Hall–Kier alpha value is -4.52. The number of fused-ring (bicyclic) bond motifs is 8. The Balaban J connectivity index is 1.60. The van der Waals surface area contributed by atoms with Crippen molar-refractivity contribution in [3.63, 3.8) is 0 Å². The van der Waals surface area contributed by atoms with E-state index in [0.29, 0.717) is 28.2 Å². The first-order valence-electron chi connectivity index (χ1n) is 12.8. The zero-order valence-corrected chi connectivity index (χ0v) is 20.6. The monoisotopic (exact) mass is 498 g/mol. The van der Waals surface area contributed by atoms with Crippen LogP contribution in [0.4, 0.5) is 0 Å². The summed E-state index contributed by atoms with van der Waals surface area (Å²) in [6.07, 6.45) is 5.37. The number of nitrogens with one attached hydrogen (secondary N) is 2. The number of benzene rings is 2. The number of aliphatic hydroxyl groups is 2. The molecule has 186 valence electrons. The maximum Gasteiger partial charge on any atom is 0.168 e. The molecule has 0 amide bonds. The van der Waals surface area contributed by atoms with Gasteiger partial charge in [0.25, 0.3) is 0 Å². The Labute approximate surface area is 219 Å². The number of nitrogens with zero attached hydrogens (tertiary/aromatic N) is 2. The van der Waals surface area contributed by atoms with Crippen molar-refractivity contribution in [2.45, 2.75) is 24.0 Å². The van der Waals surface area contributed by atoms with E-state index in [9.17, 15) is 10.2 Å². The third-order valence-electron chi connectivity index (χ3n) is 7.52. The van der Waals surface area contributed by atoms with Crippen LogP contribution in [0.25, 0.3) is 23.2 Å². The third kappa shape index (κ3) is 3.49.